The van der Waals surface area contributed by atoms with Crippen LogP contribution in [0.15, 0.2) is 29.4 Å². The summed E-state index contributed by atoms with van der Waals surface area (Å²) in [5.41, 5.74) is 3.84. The van der Waals surface area contributed by atoms with Gasteiger partial charge in [-0.25, -0.2) is 0 Å². The molecule has 2 aromatic carbocycles. The summed E-state index contributed by atoms with van der Waals surface area (Å²) in [6, 6.07) is 8.99. The third kappa shape index (κ3) is 12.0. The molecule has 3 heterocycles. The van der Waals surface area contributed by atoms with Crippen molar-refractivity contribution < 1.29 is 13.2 Å². The van der Waals surface area contributed by atoms with Crippen LogP contribution in [0.25, 0.3) is 41.4 Å². The van der Waals surface area contributed by atoms with E-state index in [9.17, 15) is 13.2 Å². The number of aromatic nitrogens is 4. The number of hydrogen-bond donors (Lipinski definition) is 0. The number of hydrogen-bond acceptors (Lipinski definition) is 5. The number of carbonyl (C=O) groups is 1. The number of imidazole rings is 2. The number of ketones is 1. The van der Waals surface area contributed by atoms with E-state index < -0.39 is 9.84 Å². The summed E-state index contributed by atoms with van der Waals surface area (Å²) in [4.78, 5) is 23.3. The van der Waals surface area contributed by atoms with Gasteiger partial charge in [0.15, 0.2) is 0 Å². The Morgan fingerprint density at radius 2 is 1.02 bits per heavy atom. The van der Waals surface area contributed by atoms with E-state index >= 15 is 0 Å². The molecule has 0 radical (unpaired) electrons. The van der Waals surface area contributed by atoms with Gasteiger partial charge in [0.1, 0.15) is 0 Å². The maximum absolute atomic E-state index is 13.8. The molecule has 9 heteroatoms. The van der Waals surface area contributed by atoms with Crippen molar-refractivity contribution in [2.45, 2.75) is 200 Å². The van der Waals surface area contributed by atoms with Crippen LogP contribution >= 0.6 is 0 Å². The summed E-state index contributed by atoms with van der Waals surface area (Å²) < 4.78 is 34.7. The van der Waals surface area contributed by atoms with E-state index in [4.69, 9.17) is 9.97 Å². The minimum absolute atomic E-state index is 0.0737. The van der Waals surface area contributed by atoms with Crippen LogP contribution < -0.4 is 0 Å². The van der Waals surface area contributed by atoms with Gasteiger partial charge in [-0.15, -0.1) is 0 Å². The molecule has 0 aliphatic rings. The third-order valence-electron chi connectivity index (χ3n) is 11.4. The number of unbranched alkanes of at least 4 members (excludes halogenated alkanes) is 18. The molecule has 0 aliphatic carbocycles. The molecule has 0 unspecified atom stereocenters. The fraction of sp³-hybridized carbons (Fsp3) is 0.674. The third-order valence-corrected chi connectivity index (χ3v) is 15.5. The van der Waals surface area contributed by atoms with Gasteiger partial charge in [-0.1, -0.05) is 20.8 Å². The first-order valence-corrected chi connectivity index (χ1v) is 25.7. The molecule has 0 saturated carbocycles. The van der Waals surface area contributed by atoms with Gasteiger partial charge in [0, 0.05) is 0 Å². The number of nitrogens with zero attached hydrogens (tertiary/aromatic N) is 4. The van der Waals surface area contributed by atoms with Crippen molar-refractivity contribution in [2.24, 2.45) is 0 Å². The first-order valence-electron chi connectivity index (χ1n) is 22.3. The van der Waals surface area contributed by atoms with Crippen LogP contribution in [0.2, 0.25) is 0 Å². The van der Waals surface area contributed by atoms with E-state index in [1.165, 1.54) is 97.4 Å². The summed E-state index contributed by atoms with van der Waals surface area (Å²) in [5, 5.41) is 2.60. The fourth-order valence-corrected chi connectivity index (χ4v) is 12.1. The molecular weight excluding hydrogens is 768 g/mol. The average Bonchev–Trinajstić information content (AvgIpc) is 3.82. The van der Waals surface area contributed by atoms with Gasteiger partial charge in [-0.2, -0.15) is 0 Å². The van der Waals surface area contributed by atoms with E-state index in [0.29, 0.717) is 31.6 Å². The second-order valence-electron chi connectivity index (χ2n) is 16.2. The summed E-state index contributed by atoms with van der Waals surface area (Å²) in [6.45, 7) is 10.4. The Morgan fingerprint density at radius 1 is 0.564 bits per heavy atom. The molecule has 5 aromatic rings. The van der Waals surface area contributed by atoms with Crippen molar-refractivity contribution >= 4 is 71.5 Å². The van der Waals surface area contributed by atoms with Crippen molar-refractivity contribution in [3.8, 4) is 0 Å². The molecule has 0 aliphatic heterocycles. The van der Waals surface area contributed by atoms with Crippen LogP contribution in [-0.4, -0.2) is 53.6 Å². The number of sulfone groups is 1. The minimum atomic E-state index is -3.51. The molecule has 3 aromatic heterocycles. The molecule has 7 nitrogen and oxygen atoms in total. The van der Waals surface area contributed by atoms with Crippen molar-refractivity contribution in [3.63, 3.8) is 0 Å². The first-order chi connectivity index (χ1) is 26.8. The Labute approximate surface area is 338 Å². The van der Waals surface area contributed by atoms with Crippen molar-refractivity contribution in [2.75, 3.05) is 5.75 Å². The van der Waals surface area contributed by atoms with E-state index in [1.807, 2.05) is 4.57 Å². The number of fused-ring (bicyclic) bond motifs is 5. The molecular formula is C46H70N4O3SSe. The standard InChI is InChI=1S/C46H70N4O3SSe/c1-5-9-13-17-19-21-24-28-49-41-34-43-37(32-39(41)47-45(49)31-36(51)27-23-15-11-7-3)38-33-40-42(35-44(38)55-43)50(29-25-22-20-18-14-10-6-2)46(48-40)54(52,53)30-26-16-12-8-4/h32-35H,5-31H2,1-4H3. The van der Waals surface area contributed by atoms with Crippen molar-refractivity contribution in [1.82, 2.24) is 19.1 Å². The second kappa shape index (κ2) is 22.5. The summed E-state index contributed by atoms with van der Waals surface area (Å²) >= 11 is 0.0737. The van der Waals surface area contributed by atoms with Crippen molar-refractivity contribution in [3.05, 3.63) is 30.1 Å². The number of benzene rings is 2. The van der Waals surface area contributed by atoms with Crippen LogP contribution in [0, 0.1) is 0 Å². The molecule has 55 heavy (non-hydrogen) atoms. The van der Waals surface area contributed by atoms with E-state index in [-0.39, 0.29) is 25.4 Å². The SMILES string of the molecule is CCCCCCCCCn1c(CC(=O)CCCCCC)nc2cc3c(cc21)[se]c1cc2c(cc13)nc(S(=O)(=O)CCCCCC)n2CCCCCCCCC. The van der Waals surface area contributed by atoms with E-state index in [2.05, 4.69) is 56.5 Å². The molecule has 0 saturated heterocycles. The Bertz CT molecular complexity index is 2060. The molecule has 0 N–H and O–H groups in total. The molecule has 0 atom stereocenters. The monoisotopic (exact) mass is 838 g/mol. The van der Waals surface area contributed by atoms with Gasteiger partial charge in [0.25, 0.3) is 0 Å². The summed E-state index contributed by atoms with van der Waals surface area (Å²) in [6.07, 6.45) is 26.3. The second-order valence-corrected chi connectivity index (χ2v) is 20.4. The molecule has 0 spiro atoms. The zero-order valence-corrected chi connectivity index (χ0v) is 37.3. The normalized spacial score (nSPS) is 12.4. The number of Topliss-reactive ketones (excluding diaryl/α,β-unsaturated/α-hetero) is 1. The molecule has 5 rings (SSSR count). The molecule has 0 bridgehead atoms. The molecule has 0 fully saturated rings. The number of rotatable bonds is 29. The Kier molecular flexibility index (Phi) is 17.8. The summed E-state index contributed by atoms with van der Waals surface area (Å²) in [5.74, 6) is 1.36. The smallest absolute Gasteiger partial charge is 0.0654 e. The van der Waals surface area contributed by atoms with Gasteiger partial charge in [0.2, 0.25) is 0 Å². The maximum atomic E-state index is 13.8. The van der Waals surface area contributed by atoms with E-state index in [1.54, 1.807) is 0 Å². The predicted octanol–water partition coefficient (Wildman–Crippen LogP) is 12.7. The number of aryl methyl sites for hydroxylation is 2. The number of carbonyl (C=O) groups excluding carboxylic acids is 1. The van der Waals surface area contributed by atoms with Crippen LogP contribution in [0.4, 0.5) is 0 Å². The first kappa shape index (κ1) is 43.6. The average molecular weight is 838 g/mol. The Hall–Kier alpha value is -2.48. The topological polar surface area (TPSA) is 86.8 Å². The van der Waals surface area contributed by atoms with E-state index in [0.717, 1.165) is 91.2 Å². The van der Waals surface area contributed by atoms with Crippen LogP contribution in [-0.2, 0) is 34.1 Å². The zero-order valence-electron chi connectivity index (χ0n) is 34.7. The zero-order chi connectivity index (χ0) is 39.0. The quantitative estimate of drug-likeness (QED) is 0.0354. The van der Waals surface area contributed by atoms with Crippen molar-refractivity contribution in [1.29, 1.82) is 0 Å². The van der Waals surface area contributed by atoms with Crippen LogP contribution in [0.3, 0.4) is 0 Å². The van der Waals surface area contributed by atoms with Gasteiger partial charge in [-0.05, 0) is 0 Å². The fourth-order valence-electron chi connectivity index (χ4n) is 8.16. The summed E-state index contributed by atoms with van der Waals surface area (Å²) in [7, 11) is -3.51. The predicted molar refractivity (Wildman–Crippen MR) is 235 cm³/mol. The van der Waals surface area contributed by atoms with Gasteiger partial charge >= 0.3 is 319 Å². The Balaban J connectivity index is 1.47. The minimum Gasteiger partial charge on any atom is -0.0654 e. The van der Waals surface area contributed by atoms with Gasteiger partial charge < -0.3 is 0 Å². The van der Waals surface area contributed by atoms with Crippen LogP contribution in [0.1, 0.15) is 181 Å². The molecule has 304 valence electrons. The van der Waals surface area contributed by atoms with Crippen LogP contribution in [0.5, 0.6) is 0 Å². The van der Waals surface area contributed by atoms with Gasteiger partial charge in [-0.3, -0.25) is 0 Å². The molecule has 0 amide bonds. The van der Waals surface area contributed by atoms with Gasteiger partial charge in [0.05, 0.1) is 0 Å². The Morgan fingerprint density at radius 3 is 1.58 bits per heavy atom.